The van der Waals surface area contributed by atoms with Gasteiger partial charge in [0.1, 0.15) is 0 Å². The van der Waals surface area contributed by atoms with Crippen LogP contribution in [0.25, 0.3) is 0 Å². The van der Waals surface area contributed by atoms with E-state index in [1.807, 2.05) is 6.07 Å². The van der Waals surface area contributed by atoms with Crippen LogP contribution in [0, 0.1) is 0 Å². The summed E-state index contributed by atoms with van der Waals surface area (Å²) in [7, 11) is 0. The second-order valence-corrected chi connectivity index (χ2v) is 13.5. The van der Waals surface area contributed by atoms with Gasteiger partial charge in [0.2, 0.25) is 0 Å². The normalized spacial score (nSPS) is 26.7. The first kappa shape index (κ1) is 12.8. The molecule has 1 saturated carbocycles. The third-order valence-electron chi connectivity index (χ3n) is 3.41. The molecule has 0 nitrogen and oxygen atoms in total. The molecule has 0 spiro atoms. The molecule has 2 atom stereocenters. The van der Waals surface area contributed by atoms with Crippen molar-refractivity contribution in [2.45, 2.75) is 37.1 Å². The van der Waals surface area contributed by atoms with Gasteiger partial charge in [0.15, 0.2) is 0 Å². The fourth-order valence-corrected chi connectivity index (χ4v) is 5.38. The number of benzene rings is 1. The molecular weight excluding hydrogens is 279 g/mol. The van der Waals surface area contributed by atoms with Crippen molar-refractivity contribution in [2.75, 3.05) is 0 Å². The Balaban J connectivity index is 2.08. The SMILES string of the molecule is Cl[Si](Cl)(Cl)C1CCCC(c2ccccc2)C1. The zero-order valence-electron chi connectivity index (χ0n) is 9.00. The van der Waals surface area contributed by atoms with Crippen LogP contribution in [0.15, 0.2) is 30.3 Å². The van der Waals surface area contributed by atoms with Crippen molar-refractivity contribution in [3.05, 3.63) is 35.9 Å². The zero-order chi connectivity index (χ0) is 11.6. The van der Waals surface area contributed by atoms with Gasteiger partial charge in [-0.1, -0.05) is 36.8 Å². The summed E-state index contributed by atoms with van der Waals surface area (Å²) in [5, 5.41) is 0. The molecule has 0 saturated heterocycles. The van der Waals surface area contributed by atoms with Crippen molar-refractivity contribution in [3.63, 3.8) is 0 Å². The molecule has 1 fully saturated rings. The van der Waals surface area contributed by atoms with E-state index in [9.17, 15) is 0 Å². The highest BCUT2D eigenvalue weighted by Crippen LogP contribution is 2.48. The summed E-state index contributed by atoms with van der Waals surface area (Å²) in [6.07, 6.45) is 4.56. The van der Waals surface area contributed by atoms with Crippen molar-refractivity contribution in [1.82, 2.24) is 0 Å². The molecule has 1 aromatic carbocycles. The Morgan fingerprint density at radius 2 is 1.69 bits per heavy atom. The van der Waals surface area contributed by atoms with E-state index in [1.54, 1.807) is 0 Å². The zero-order valence-corrected chi connectivity index (χ0v) is 12.3. The van der Waals surface area contributed by atoms with Gasteiger partial charge in [-0.3, -0.25) is 0 Å². The van der Waals surface area contributed by atoms with Gasteiger partial charge in [-0.2, -0.15) is 0 Å². The number of halogens is 3. The highest BCUT2D eigenvalue weighted by molar-refractivity contribution is 7.65. The van der Waals surface area contributed by atoms with Crippen LogP contribution in [0.4, 0.5) is 0 Å². The summed E-state index contributed by atoms with van der Waals surface area (Å²) in [4.78, 5) is 0. The molecule has 0 amide bonds. The summed E-state index contributed by atoms with van der Waals surface area (Å²) in [6.45, 7) is 0. The highest BCUT2D eigenvalue weighted by atomic mass is 35.8. The molecule has 0 heterocycles. The van der Waals surface area contributed by atoms with Crippen molar-refractivity contribution >= 4 is 39.2 Å². The van der Waals surface area contributed by atoms with E-state index in [2.05, 4.69) is 24.3 Å². The summed E-state index contributed by atoms with van der Waals surface area (Å²) < 4.78 is 0. The fraction of sp³-hybridized carbons (Fsp3) is 0.500. The molecule has 4 heteroatoms. The Kier molecular flexibility index (Phi) is 4.23. The molecule has 1 aliphatic rings. The molecule has 0 aliphatic heterocycles. The van der Waals surface area contributed by atoms with E-state index in [0.717, 1.165) is 12.8 Å². The minimum absolute atomic E-state index is 0.330. The van der Waals surface area contributed by atoms with E-state index in [0.29, 0.717) is 11.5 Å². The Morgan fingerprint density at radius 3 is 2.31 bits per heavy atom. The number of hydrogen-bond donors (Lipinski definition) is 0. The molecule has 2 unspecified atom stereocenters. The lowest BCUT2D eigenvalue weighted by molar-refractivity contribution is 0.441. The Bertz CT molecular complexity index is 334. The molecule has 0 N–H and O–H groups in total. The molecule has 2 rings (SSSR count). The first-order valence-electron chi connectivity index (χ1n) is 5.69. The van der Waals surface area contributed by atoms with Crippen LogP contribution < -0.4 is 0 Å². The van der Waals surface area contributed by atoms with Crippen molar-refractivity contribution in [3.8, 4) is 0 Å². The van der Waals surface area contributed by atoms with E-state index in [4.69, 9.17) is 33.2 Å². The molecule has 88 valence electrons. The molecule has 1 aromatic rings. The van der Waals surface area contributed by atoms with Crippen LogP contribution in [-0.2, 0) is 0 Å². The Labute approximate surface area is 112 Å². The van der Waals surface area contributed by atoms with Crippen LogP contribution in [0.5, 0.6) is 0 Å². The van der Waals surface area contributed by atoms with Crippen LogP contribution in [-0.4, -0.2) is 6.00 Å². The third-order valence-corrected chi connectivity index (χ3v) is 7.64. The minimum atomic E-state index is -2.51. The summed E-state index contributed by atoms with van der Waals surface area (Å²) in [5.74, 6) is 0.586. The van der Waals surface area contributed by atoms with E-state index < -0.39 is 6.00 Å². The van der Waals surface area contributed by atoms with Gasteiger partial charge in [-0.25, -0.2) is 0 Å². The quantitative estimate of drug-likeness (QED) is 0.508. The largest absolute Gasteiger partial charge is 0.344 e. The van der Waals surface area contributed by atoms with Gasteiger partial charge >= 0.3 is 6.00 Å². The monoisotopic (exact) mass is 292 g/mol. The smallest absolute Gasteiger partial charge is 0.126 e. The molecule has 0 bridgehead atoms. The molecule has 0 aromatic heterocycles. The standard InChI is InChI=1S/C12H15Cl3Si/c13-16(14,15)12-8-4-7-11(9-12)10-5-2-1-3-6-10/h1-3,5-6,11-12H,4,7-9H2. The topological polar surface area (TPSA) is 0 Å². The molecule has 16 heavy (non-hydrogen) atoms. The maximum atomic E-state index is 6.13. The van der Waals surface area contributed by atoms with Gasteiger partial charge in [0.05, 0.1) is 0 Å². The lowest BCUT2D eigenvalue weighted by Crippen LogP contribution is -2.25. The van der Waals surface area contributed by atoms with Crippen LogP contribution >= 0.6 is 33.2 Å². The third kappa shape index (κ3) is 3.16. The molecular formula is C12H15Cl3Si. The van der Waals surface area contributed by atoms with E-state index >= 15 is 0 Å². The fourth-order valence-electron chi connectivity index (χ4n) is 2.52. The van der Waals surface area contributed by atoms with Crippen LogP contribution in [0.3, 0.4) is 0 Å². The second-order valence-electron chi connectivity index (χ2n) is 4.51. The average Bonchev–Trinajstić information content (AvgIpc) is 2.29. The number of rotatable bonds is 2. The lowest BCUT2D eigenvalue weighted by atomic mass is 9.84. The minimum Gasteiger partial charge on any atom is -0.126 e. The predicted octanol–water partition coefficient (Wildman–Crippen LogP) is 5.37. The summed E-state index contributed by atoms with van der Waals surface area (Å²) in [6, 6.07) is 8.09. The average molecular weight is 294 g/mol. The van der Waals surface area contributed by atoms with Crippen molar-refractivity contribution < 1.29 is 0 Å². The predicted molar refractivity (Wildman–Crippen MR) is 74.7 cm³/mol. The van der Waals surface area contributed by atoms with Crippen LogP contribution in [0.1, 0.15) is 37.2 Å². The highest BCUT2D eigenvalue weighted by Gasteiger charge is 2.39. The van der Waals surface area contributed by atoms with Gasteiger partial charge in [-0.05, 0) is 36.3 Å². The van der Waals surface area contributed by atoms with E-state index in [-0.39, 0.29) is 0 Å². The second kappa shape index (κ2) is 5.30. The van der Waals surface area contributed by atoms with Gasteiger partial charge in [-0.15, -0.1) is 33.2 Å². The first-order valence-corrected chi connectivity index (χ1v) is 10.8. The van der Waals surface area contributed by atoms with Crippen molar-refractivity contribution in [2.24, 2.45) is 0 Å². The molecule has 0 radical (unpaired) electrons. The number of hydrogen-bond acceptors (Lipinski definition) is 0. The summed E-state index contributed by atoms with van der Waals surface area (Å²) >= 11 is 18.4. The van der Waals surface area contributed by atoms with Crippen molar-refractivity contribution in [1.29, 1.82) is 0 Å². The first-order chi connectivity index (χ1) is 7.57. The lowest BCUT2D eigenvalue weighted by Gasteiger charge is -2.32. The summed E-state index contributed by atoms with van der Waals surface area (Å²) in [5.41, 5.74) is 1.73. The molecule has 1 aliphatic carbocycles. The van der Waals surface area contributed by atoms with Gasteiger partial charge < -0.3 is 0 Å². The van der Waals surface area contributed by atoms with E-state index in [1.165, 1.54) is 18.4 Å². The Hall–Kier alpha value is 0.307. The van der Waals surface area contributed by atoms with Gasteiger partial charge in [0, 0.05) is 0 Å². The van der Waals surface area contributed by atoms with Gasteiger partial charge in [0.25, 0.3) is 0 Å². The Morgan fingerprint density at radius 1 is 1.00 bits per heavy atom. The van der Waals surface area contributed by atoms with Crippen LogP contribution in [0.2, 0.25) is 5.54 Å². The maximum absolute atomic E-state index is 6.13. The maximum Gasteiger partial charge on any atom is 0.344 e.